The minimum atomic E-state index is -0.548. The molecular weight excluding hydrogens is 1170 g/mol. The predicted molar refractivity (Wildman–Crippen MR) is 408 cm³/mol. The van der Waals surface area contributed by atoms with Crippen molar-refractivity contribution in [2.45, 2.75) is 45.4 Å². The first kappa shape index (κ1) is 55.6. The molecule has 2 heteroatoms. The minimum Gasteiger partial charge on any atom is -0.310 e. The Kier molecular flexibility index (Phi) is 11.8. The highest BCUT2D eigenvalue weighted by molar-refractivity contribution is 6.07. The van der Waals surface area contributed by atoms with Crippen molar-refractivity contribution in [3.05, 3.63) is 382 Å². The topological polar surface area (TPSA) is 6.48 Å². The van der Waals surface area contributed by atoms with Gasteiger partial charge in [-0.1, -0.05) is 188 Å². The molecule has 0 atom stereocenters. The second-order valence-corrected chi connectivity index (χ2v) is 27.8. The molecule has 0 aliphatic heterocycles. The summed E-state index contributed by atoms with van der Waals surface area (Å²) in [6.45, 7) is 11.2. The van der Waals surface area contributed by atoms with Crippen molar-refractivity contribution in [3.8, 4) is 55.6 Å². The Morgan fingerprint density at radius 3 is 1.11 bits per heavy atom. The summed E-state index contributed by atoms with van der Waals surface area (Å²) in [7, 11) is 0. The number of aryl methyl sites for hydroxylation is 4. The molecule has 0 unspecified atom stereocenters. The maximum absolute atomic E-state index is 2.55. The maximum Gasteiger partial charge on any atom is 0.0725 e. The van der Waals surface area contributed by atoms with Crippen LogP contribution in [0.1, 0.15) is 72.3 Å². The molecule has 456 valence electrons. The zero-order chi connectivity index (χ0) is 64.6. The van der Waals surface area contributed by atoms with Crippen LogP contribution in [0, 0.1) is 34.6 Å². The highest BCUT2D eigenvalue weighted by atomic mass is 15.1. The number of hydrogen-bond acceptors (Lipinski definition) is 2. The lowest BCUT2D eigenvalue weighted by molar-refractivity contribution is 0.796. The first-order valence-corrected chi connectivity index (χ1v) is 34.2. The van der Waals surface area contributed by atoms with Crippen molar-refractivity contribution in [3.63, 3.8) is 0 Å². The molecule has 0 N–H and O–H groups in total. The molecule has 0 saturated carbocycles. The van der Waals surface area contributed by atoms with Gasteiger partial charge in [0.05, 0.1) is 10.8 Å². The lowest BCUT2D eigenvalue weighted by atomic mass is 9.70. The summed E-state index contributed by atoms with van der Waals surface area (Å²) in [5, 5.41) is 9.85. The minimum absolute atomic E-state index is 0.476. The zero-order valence-electron chi connectivity index (χ0n) is 54.8. The van der Waals surface area contributed by atoms with Crippen LogP contribution in [0.3, 0.4) is 0 Å². The van der Waals surface area contributed by atoms with Gasteiger partial charge in [-0.05, 0) is 327 Å². The molecule has 0 heterocycles. The van der Waals surface area contributed by atoms with E-state index in [1.807, 2.05) is 0 Å². The van der Waals surface area contributed by atoms with Gasteiger partial charge in [0.1, 0.15) is 0 Å². The van der Waals surface area contributed by atoms with Crippen LogP contribution in [0.2, 0.25) is 0 Å². The lowest BCUT2D eigenvalue weighted by Crippen LogP contribution is -2.25. The summed E-state index contributed by atoms with van der Waals surface area (Å²) >= 11 is 0. The van der Waals surface area contributed by atoms with Gasteiger partial charge in [-0.2, -0.15) is 0 Å². The monoisotopic (exact) mass is 1230 g/mol. The van der Waals surface area contributed by atoms with Gasteiger partial charge in [-0.15, -0.1) is 0 Å². The molecule has 0 saturated heterocycles. The molecule has 16 aromatic carbocycles. The molecule has 2 spiro atoms. The molecule has 0 amide bonds. The smallest absolute Gasteiger partial charge is 0.0725 e. The lowest BCUT2D eigenvalue weighted by Gasteiger charge is -2.31. The standard InChI is InChI=1S/C95H66N2/c1-57-34-35-58(2)93(42-57)97(75-41-39-68-52-83-81-49-63-20-9-10-21-64(63)53-89(81)94(91(83)56-71(68)48-75)85-30-15-11-26-77(85)78-27-12-16-31-86(78)94)73-25-19-22-62(46-73)65-36-37-66-50-82-84-51-67-38-40-74(96(72-23-7-6-8-24-72)76-43-59(3)61(5)60(4)44-76)47-70(67)55-92(84)95(90(82)54-69(66)45-65)87-32-17-13-28-79(87)80-29-14-18-33-88(80)95/h6-56H,1-5H3. The van der Waals surface area contributed by atoms with Gasteiger partial charge in [0, 0.05) is 34.1 Å². The maximum atomic E-state index is 2.55. The molecule has 4 aliphatic rings. The Morgan fingerprint density at radius 2 is 0.598 bits per heavy atom. The summed E-state index contributed by atoms with van der Waals surface area (Å²) in [5.41, 5.74) is 35.7. The fourth-order valence-corrected chi connectivity index (χ4v) is 18.0. The molecule has 16 aromatic rings. The van der Waals surface area contributed by atoms with Crippen LogP contribution in [-0.4, -0.2) is 0 Å². The number of para-hydroxylation sites is 1. The van der Waals surface area contributed by atoms with Crippen molar-refractivity contribution in [2.24, 2.45) is 0 Å². The van der Waals surface area contributed by atoms with Crippen molar-refractivity contribution in [1.29, 1.82) is 0 Å². The van der Waals surface area contributed by atoms with Crippen molar-refractivity contribution >= 4 is 77.2 Å². The summed E-state index contributed by atoms with van der Waals surface area (Å²) in [6.07, 6.45) is 0. The Hall–Kier alpha value is -11.8. The Balaban J connectivity index is 0.735. The molecule has 97 heavy (non-hydrogen) atoms. The first-order chi connectivity index (χ1) is 47.6. The number of hydrogen-bond donors (Lipinski definition) is 0. The van der Waals surface area contributed by atoms with Crippen LogP contribution in [0.15, 0.2) is 309 Å². The quantitative estimate of drug-likeness (QED) is 0.157. The highest BCUT2D eigenvalue weighted by Gasteiger charge is 2.53. The van der Waals surface area contributed by atoms with E-state index in [-0.39, 0.29) is 0 Å². The fraction of sp³-hybridized carbons (Fsp3) is 0.0737. The Bertz CT molecular complexity index is 5990. The van der Waals surface area contributed by atoms with Crippen LogP contribution in [0.4, 0.5) is 34.1 Å². The third-order valence-corrected chi connectivity index (χ3v) is 22.6. The highest BCUT2D eigenvalue weighted by Crippen LogP contribution is 2.66. The SMILES string of the molecule is Cc1ccc(C)c(N(c2cccc(-c3ccc4cc5c(cc4c3)C3(c4ccccc4-c4ccccc43)c3cc4cc(N(c6ccccc6)c6cc(C)c(C)c(C)c6)ccc4cc3-5)c2)c2ccc3cc4c(cc3c2)C2(c3ccccc3-c3ccccc32)c2cc3ccccc3cc2-4)c1. The van der Waals surface area contributed by atoms with Crippen molar-refractivity contribution in [2.75, 3.05) is 9.80 Å². The molecule has 2 nitrogen and oxygen atoms in total. The normalized spacial score (nSPS) is 13.6. The van der Waals surface area contributed by atoms with Gasteiger partial charge in [-0.3, -0.25) is 0 Å². The van der Waals surface area contributed by atoms with E-state index in [0.717, 1.165) is 39.7 Å². The number of nitrogens with zero attached hydrogens (tertiary/aromatic N) is 2. The van der Waals surface area contributed by atoms with E-state index in [2.05, 4.69) is 354 Å². The zero-order valence-corrected chi connectivity index (χ0v) is 54.8. The molecule has 0 bridgehead atoms. The van der Waals surface area contributed by atoms with Gasteiger partial charge >= 0.3 is 0 Å². The second kappa shape index (κ2) is 20.6. The molecule has 20 rings (SSSR count). The Labute approximate surface area is 566 Å². The van der Waals surface area contributed by atoms with Crippen molar-refractivity contribution < 1.29 is 0 Å². The molecule has 0 aromatic heterocycles. The van der Waals surface area contributed by atoms with Gasteiger partial charge in [0.25, 0.3) is 0 Å². The van der Waals surface area contributed by atoms with Gasteiger partial charge in [0.2, 0.25) is 0 Å². The third kappa shape index (κ3) is 7.84. The molecule has 4 aliphatic carbocycles. The fourth-order valence-electron chi connectivity index (χ4n) is 18.0. The van der Waals surface area contributed by atoms with E-state index in [1.54, 1.807) is 0 Å². The largest absolute Gasteiger partial charge is 0.310 e. The predicted octanol–water partition coefficient (Wildman–Crippen LogP) is 25.1. The first-order valence-electron chi connectivity index (χ1n) is 34.2. The Morgan fingerprint density at radius 1 is 0.206 bits per heavy atom. The number of benzene rings is 16. The van der Waals surface area contributed by atoms with Crippen molar-refractivity contribution in [1.82, 2.24) is 0 Å². The van der Waals surface area contributed by atoms with Gasteiger partial charge in [-0.25, -0.2) is 0 Å². The molecule has 0 fully saturated rings. The number of anilines is 6. The average molecular weight is 1240 g/mol. The van der Waals surface area contributed by atoms with Gasteiger partial charge < -0.3 is 9.80 Å². The van der Waals surface area contributed by atoms with E-state index in [4.69, 9.17) is 0 Å². The second-order valence-electron chi connectivity index (χ2n) is 27.8. The van der Waals surface area contributed by atoms with E-state index < -0.39 is 10.8 Å². The third-order valence-electron chi connectivity index (χ3n) is 22.6. The van der Waals surface area contributed by atoms with E-state index in [1.165, 1.54) is 165 Å². The summed E-state index contributed by atoms with van der Waals surface area (Å²) in [6, 6.07) is 119. The van der Waals surface area contributed by atoms with Crippen LogP contribution in [0.5, 0.6) is 0 Å². The van der Waals surface area contributed by atoms with E-state index in [0.29, 0.717) is 0 Å². The van der Waals surface area contributed by atoms with Crippen LogP contribution in [0.25, 0.3) is 98.7 Å². The van der Waals surface area contributed by atoms with E-state index >= 15 is 0 Å². The number of rotatable bonds is 7. The average Bonchev–Trinajstić information content (AvgIpc) is 1.51. The summed E-state index contributed by atoms with van der Waals surface area (Å²) in [4.78, 5) is 4.92. The van der Waals surface area contributed by atoms with Gasteiger partial charge in [0.15, 0.2) is 0 Å². The molecule has 0 radical (unpaired) electrons. The summed E-state index contributed by atoms with van der Waals surface area (Å²) < 4.78 is 0. The van der Waals surface area contributed by atoms with Crippen LogP contribution >= 0.6 is 0 Å². The van der Waals surface area contributed by atoms with E-state index in [9.17, 15) is 0 Å². The van der Waals surface area contributed by atoms with Crippen LogP contribution < -0.4 is 9.80 Å². The molecular formula is C95H66N2. The van der Waals surface area contributed by atoms with Crippen LogP contribution in [-0.2, 0) is 10.8 Å². The summed E-state index contributed by atoms with van der Waals surface area (Å²) in [5.74, 6) is 0. The number of fused-ring (bicyclic) bond motifs is 24.